The Morgan fingerprint density at radius 3 is 2.62 bits per heavy atom. The quantitative estimate of drug-likeness (QED) is 0.814. The maximum absolute atomic E-state index is 3.83. The van der Waals surface area contributed by atoms with Crippen molar-refractivity contribution in [3.05, 3.63) is 0 Å². The summed E-state index contributed by atoms with van der Waals surface area (Å²) in [7, 11) is 2.24. The largest absolute Gasteiger partial charge is 0.313 e. The fourth-order valence-electron chi connectivity index (χ4n) is 3.03. The van der Waals surface area contributed by atoms with Gasteiger partial charge in [-0.1, -0.05) is 6.42 Å². The molecule has 16 heavy (non-hydrogen) atoms. The molecule has 2 unspecified atom stereocenters. The van der Waals surface area contributed by atoms with E-state index in [9.17, 15) is 0 Å². The van der Waals surface area contributed by atoms with E-state index in [1.165, 1.54) is 51.7 Å². The smallest absolute Gasteiger partial charge is 0.0198 e. The minimum Gasteiger partial charge on any atom is -0.313 e. The van der Waals surface area contributed by atoms with Gasteiger partial charge in [0, 0.05) is 11.3 Å². The molecule has 2 rings (SSSR count). The summed E-state index contributed by atoms with van der Waals surface area (Å²) in [6, 6.07) is 0.801. The monoisotopic (exact) mass is 242 g/mol. The Labute approximate surface area is 105 Å². The first-order valence-corrected chi connectivity index (χ1v) is 8.03. The van der Waals surface area contributed by atoms with Gasteiger partial charge in [0.25, 0.3) is 0 Å². The van der Waals surface area contributed by atoms with Gasteiger partial charge in [-0.15, -0.1) is 0 Å². The summed E-state index contributed by atoms with van der Waals surface area (Å²) in [6.07, 6.45) is 9.29. The molecule has 0 aromatic heterocycles. The summed E-state index contributed by atoms with van der Waals surface area (Å²) < 4.78 is 0. The van der Waals surface area contributed by atoms with Crippen LogP contribution in [0.2, 0.25) is 0 Å². The fraction of sp³-hybridized carbons (Fsp3) is 1.00. The minimum absolute atomic E-state index is 0.801. The van der Waals surface area contributed by atoms with E-state index in [1.807, 2.05) is 0 Å². The van der Waals surface area contributed by atoms with Gasteiger partial charge < -0.3 is 10.2 Å². The number of thioether (sulfide) groups is 1. The Hall–Kier alpha value is 0.270. The first-order valence-electron chi connectivity index (χ1n) is 6.74. The summed E-state index contributed by atoms with van der Waals surface area (Å²) in [5.41, 5.74) is 0. The van der Waals surface area contributed by atoms with E-state index >= 15 is 0 Å². The van der Waals surface area contributed by atoms with Crippen molar-refractivity contribution < 1.29 is 0 Å². The van der Waals surface area contributed by atoms with Crippen LogP contribution in [0.3, 0.4) is 0 Å². The zero-order chi connectivity index (χ0) is 11.4. The Kier molecular flexibility index (Phi) is 4.98. The normalized spacial score (nSPS) is 33.4. The zero-order valence-electron chi connectivity index (χ0n) is 10.7. The maximum atomic E-state index is 3.83. The lowest BCUT2D eigenvalue weighted by atomic mass is 9.97. The molecular weight excluding hydrogens is 216 g/mol. The van der Waals surface area contributed by atoms with Crippen LogP contribution >= 0.6 is 11.8 Å². The van der Waals surface area contributed by atoms with Crippen molar-refractivity contribution in [2.24, 2.45) is 5.92 Å². The van der Waals surface area contributed by atoms with E-state index in [0.717, 1.165) is 17.2 Å². The number of hydrogen-bond donors (Lipinski definition) is 1. The molecule has 1 aliphatic carbocycles. The first kappa shape index (κ1) is 12.7. The molecule has 2 aliphatic rings. The summed E-state index contributed by atoms with van der Waals surface area (Å²) in [5, 5.41) is 4.71. The van der Waals surface area contributed by atoms with Crippen LogP contribution in [-0.2, 0) is 0 Å². The van der Waals surface area contributed by atoms with Crippen molar-refractivity contribution in [3.63, 3.8) is 0 Å². The second kappa shape index (κ2) is 6.27. The van der Waals surface area contributed by atoms with Crippen LogP contribution in [0.4, 0.5) is 0 Å². The molecule has 0 bridgehead atoms. The summed E-state index contributed by atoms with van der Waals surface area (Å²) in [5.74, 6) is 0.930. The molecule has 0 amide bonds. The van der Waals surface area contributed by atoms with E-state index in [-0.39, 0.29) is 0 Å². The minimum atomic E-state index is 0.801. The van der Waals surface area contributed by atoms with Crippen LogP contribution in [-0.4, -0.2) is 49.1 Å². The molecule has 2 fully saturated rings. The molecule has 1 N–H and O–H groups in total. The Balaban J connectivity index is 1.67. The average Bonchev–Trinajstić information content (AvgIpc) is 2.76. The molecule has 3 heteroatoms. The second-order valence-corrected chi connectivity index (χ2v) is 6.54. The highest BCUT2D eigenvalue weighted by molar-refractivity contribution is 7.99. The molecule has 0 aromatic carbocycles. The van der Waals surface area contributed by atoms with Gasteiger partial charge >= 0.3 is 0 Å². The molecule has 1 heterocycles. The standard InChI is InChI=1S/C13H26N2S/c1-15-8-6-11(7-9-15)10-14-12-4-3-5-13(12)16-2/h11-14H,3-10H2,1-2H3. The number of nitrogens with zero attached hydrogens (tertiary/aromatic N) is 1. The maximum Gasteiger partial charge on any atom is 0.0198 e. The highest BCUT2D eigenvalue weighted by atomic mass is 32.2. The molecule has 2 nitrogen and oxygen atoms in total. The van der Waals surface area contributed by atoms with E-state index in [0.29, 0.717) is 0 Å². The van der Waals surface area contributed by atoms with Gasteiger partial charge in [-0.25, -0.2) is 0 Å². The van der Waals surface area contributed by atoms with Gasteiger partial charge in [0.1, 0.15) is 0 Å². The van der Waals surface area contributed by atoms with Crippen LogP contribution in [0.25, 0.3) is 0 Å². The van der Waals surface area contributed by atoms with Crippen LogP contribution in [0.1, 0.15) is 32.1 Å². The Bertz CT molecular complexity index is 202. The molecular formula is C13H26N2S. The lowest BCUT2D eigenvalue weighted by molar-refractivity contribution is 0.213. The van der Waals surface area contributed by atoms with Crippen molar-refractivity contribution in [1.29, 1.82) is 0 Å². The first-order chi connectivity index (χ1) is 7.79. The second-order valence-electron chi connectivity index (χ2n) is 5.47. The molecule has 0 aromatic rings. The third-order valence-electron chi connectivity index (χ3n) is 4.26. The van der Waals surface area contributed by atoms with Gasteiger partial charge in [0.15, 0.2) is 0 Å². The SMILES string of the molecule is CSC1CCCC1NCC1CCN(C)CC1. The predicted molar refractivity (Wildman–Crippen MR) is 73.2 cm³/mol. The Morgan fingerprint density at radius 1 is 1.19 bits per heavy atom. The van der Waals surface area contributed by atoms with Crippen molar-refractivity contribution in [1.82, 2.24) is 10.2 Å². The fourth-order valence-corrected chi connectivity index (χ4v) is 3.99. The molecule has 0 spiro atoms. The highest BCUT2D eigenvalue weighted by Crippen LogP contribution is 2.28. The number of piperidine rings is 1. The molecule has 1 saturated heterocycles. The number of rotatable bonds is 4. The van der Waals surface area contributed by atoms with E-state index in [1.54, 1.807) is 0 Å². The van der Waals surface area contributed by atoms with Crippen molar-refractivity contribution >= 4 is 11.8 Å². The van der Waals surface area contributed by atoms with Gasteiger partial charge in [-0.05, 0) is 64.5 Å². The topological polar surface area (TPSA) is 15.3 Å². The molecule has 94 valence electrons. The highest BCUT2D eigenvalue weighted by Gasteiger charge is 2.27. The van der Waals surface area contributed by atoms with Gasteiger partial charge in [0.05, 0.1) is 0 Å². The number of hydrogen-bond acceptors (Lipinski definition) is 3. The Morgan fingerprint density at radius 2 is 1.94 bits per heavy atom. The molecule has 1 saturated carbocycles. The lowest BCUT2D eigenvalue weighted by Gasteiger charge is -2.30. The van der Waals surface area contributed by atoms with Crippen LogP contribution in [0.15, 0.2) is 0 Å². The molecule has 0 radical (unpaired) electrons. The summed E-state index contributed by atoms with van der Waals surface area (Å²) in [6.45, 7) is 3.85. The van der Waals surface area contributed by atoms with Gasteiger partial charge in [0.2, 0.25) is 0 Å². The molecule has 2 atom stereocenters. The van der Waals surface area contributed by atoms with Crippen LogP contribution in [0.5, 0.6) is 0 Å². The van der Waals surface area contributed by atoms with Crippen molar-refractivity contribution in [2.45, 2.75) is 43.4 Å². The average molecular weight is 242 g/mol. The zero-order valence-corrected chi connectivity index (χ0v) is 11.6. The van der Waals surface area contributed by atoms with Crippen molar-refractivity contribution in [3.8, 4) is 0 Å². The van der Waals surface area contributed by atoms with Crippen LogP contribution in [0, 0.1) is 5.92 Å². The molecule has 1 aliphatic heterocycles. The van der Waals surface area contributed by atoms with Gasteiger partial charge in [-0.3, -0.25) is 0 Å². The number of nitrogens with one attached hydrogen (secondary N) is 1. The van der Waals surface area contributed by atoms with E-state index in [4.69, 9.17) is 0 Å². The predicted octanol–water partition coefficient (Wildman–Crippen LogP) is 2.20. The summed E-state index contributed by atoms with van der Waals surface area (Å²) >= 11 is 2.06. The van der Waals surface area contributed by atoms with Gasteiger partial charge in [-0.2, -0.15) is 11.8 Å². The van der Waals surface area contributed by atoms with Crippen molar-refractivity contribution in [2.75, 3.05) is 32.9 Å². The van der Waals surface area contributed by atoms with Crippen LogP contribution < -0.4 is 5.32 Å². The van der Waals surface area contributed by atoms with E-state index in [2.05, 4.69) is 35.3 Å². The lowest BCUT2D eigenvalue weighted by Crippen LogP contribution is -2.40. The summed E-state index contributed by atoms with van der Waals surface area (Å²) in [4.78, 5) is 2.46. The number of likely N-dealkylation sites (tertiary alicyclic amines) is 1. The third kappa shape index (κ3) is 3.38. The third-order valence-corrected chi connectivity index (χ3v) is 5.43. The van der Waals surface area contributed by atoms with E-state index < -0.39 is 0 Å².